The van der Waals surface area contributed by atoms with E-state index in [1.165, 1.54) is 0 Å². The van der Waals surface area contributed by atoms with Crippen molar-refractivity contribution in [3.63, 3.8) is 0 Å². The van der Waals surface area contributed by atoms with Gasteiger partial charge < -0.3 is 5.11 Å². The summed E-state index contributed by atoms with van der Waals surface area (Å²) in [7, 11) is -3.95. The normalized spacial score (nSPS) is 12.8. The van der Waals surface area contributed by atoms with Crippen LogP contribution >= 0.6 is 0 Å². The van der Waals surface area contributed by atoms with E-state index < -0.39 is 34.3 Å². The zero-order chi connectivity index (χ0) is 16.2. The lowest BCUT2D eigenvalue weighted by molar-refractivity contribution is -0.137. The third-order valence-corrected chi connectivity index (χ3v) is 4.49. The molecule has 0 heterocycles. The smallest absolute Gasteiger partial charge is 0.305 e. The van der Waals surface area contributed by atoms with Gasteiger partial charge in [0.15, 0.2) is 0 Å². The van der Waals surface area contributed by atoms with E-state index in [1.807, 2.05) is 0 Å². The molecule has 2 N–H and O–H groups in total. The van der Waals surface area contributed by atoms with E-state index in [0.29, 0.717) is 5.56 Å². The minimum Gasteiger partial charge on any atom is -0.481 e. The molecule has 0 unspecified atom stereocenters. The van der Waals surface area contributed by atoms with Crippen LogP contribution in [0.2, 0.25) is 0 Å². The Hall–Kier alpha value is -2.25. The maximum atomic E-state index is 12.9. The summed E-state index contributed by atoms with van der Waals surface area (Å²) in [5, 5.41) is 8.96. The highest BCUT2D eigenvalue weighted by atomic mass is 32.2. The summed E-state index contributed by atoms with van der Waals surface area (Å²) < 4.78 is 39.8. The van der Waals surface area contributed by atoms with Gasteiger partial charge in [-0.25, -0.2) is 17.5 Å². The number of hydrogen-bond acceptors (Lipinski definition) is 3. The van der Waals surface area contributed by atoms with Gasteiger partial charge in [0.05, 0.1) is 17.4 Å². The number of carboxylic acids is 1. The van der Waals surface area contributed by atoms with E-state index in [2.05, 4.69) is 4.72 Å². The Bertz CT molecular complexity index is 745. The molecule has 0 aliphatic rings. The second-order valence-electron chi connectivity index (χ2n) is 4.64. The summed E-state index contributed by atoms with van der Waals surface area (Å²) in [5.41, 5.74) is 0.538. The van der Waals surface area contributed by atoms with Gasteiger partial charge in [0.1, 0.15) is 5.82 Å². The number of carboxylic acid groups (broad SMARTS) is 1. The Morgan fingerprint density at radius 1 is 1.09 bits per heavy atom. The van der Waals surface area contributed by atoms with E-state index >= 15 is 0 Å². The Labute approximate surface area is 127 Å². The molecule has 0 saturated carbocycles. The van der Waals surface area contributed by atoms with Crippen molar-refractivity contribution in [1.82, 2.24) is 4.72 Å². The van der Waals surface area contributed by atoms with Crippen LogP contribution in [0.25, 0.3) is 0 Å². The number of halogens is 1. The van der Waals surface area contributed by atoms with Crippen LogP contribution in [0, 0.1) is 5.82 Å². The van der Waals surface area contributed by atoms with Crippen LogP contribution in [-0.2, 0) is 14.8 Å². The fraction of sp³-hybridized carbons (Fsp3) is 0.133. The van der Waals surface area contributed by atoms with Crippen molar-refractivity contribution in [2.24, 2.45) is 0 Å². The Kier molecular flexibility index (Phi) is 4.89. The number of hydrogen-bond donors (Lipinski definition) is 2. The number of sulfonamides is 1. The molecule has 1 atom stereocenters. The lowest BCUT2D eigenvalue weighted by atomic mass is 10.1. The van der Waals surface area contributed by atoms with Crippen molar-refractivity contribution >= 4 is 16.0 Å². The van der Waals surface area contributed by atoms with Crippen LogP contribution in [0.15, 0.2) is 59.5 Å². The molecule has 0 radical (unpaired) electrons. The zero-order valence-electron chi connectivity index (χ0n) is 11.4. The maximum Gasteiger partial charge on any atom is 0.305 e. The molecule has 2 rings (SSSR count). The van der Waals surface area contributed by atoms with Gasteiger partial charge >= 0.3 is 5.97 Å². The van der Waals surface area contributed by atoms with Crippen molar-refractivity contribution < 1.29 is 22.7 Å². The van der Waals surface area contributed by atoms with E-state index in [-0.39, 0.29) is 4.90 Å². The van der Waals surface area contributed by atoms with Gasteiger partial charge in [-0.05, 0) is 29.8 Å². The molecule has 0 bridgehead atoms. The fourth-order valence-electron chi connectivity index (χ4n) is 1.96. The SMILES string of the molecule is O=C(O)C[C@H](NS(=O)(=O)c1ccc(F)cc1)c1ccccc1. The first-order valence-electron chi connectivity index (χ1n) is 6.43. The molecule has 7 heteroatoms. The van der Waals surface area contributed by atoms with Crippen molar-refractivity contribution in [3.8, 4) is 0 Å². The molecule has 2 aromatic rings. The maximum absolute atomic E-state index is 12.9. The molecule has 0 spiro atoms. The number of benzene rings is 2. The summed E-state index contributed by atoms with van der Waals surface area (Å²) >= 11 is 0. The van der Waals surface area contributed by atoms with E-state index in [0.717, 1.165) is 24.3 Å². The molecule has 0 aliphatic carbocycles. The molecular formula is C15H14FNO4S. The third-order valence-electron chi connectivity index (χ3n) is 3.00. The molecule has 0 fully saturated rings. The lowest BCUT2D eigenvalue weighted by Gasteiger charge is -2.17. The molecule has 5 nitrogen and oxygen atoms in total. The molecule has 22 heavy (non-hydrogen) atoms. The summed E-state index contributed by atoms with van der Waals surface area (Å²) in [6.45, 7) is 0. The van der Waals surface area contributed by atoms with E-state index in [4.69, 9.17) is 5.11 Å². The highest BCUT2D eigenvalue weighted by molar-refractivity contribution is 7.89. The molecule has 0 amide bonds. The minimum absolute atomic E-state index is 0.125. The van der Waals surface area contributed by atoms with Crippen molar-refractivity contribution in [2.75, 3.05) is 0 Å². The quantitative estimate of drug-likeness (QED) is 0.854. The Morgan fingerprint density at radius 2 is 1.68 bits per heavy atom. The molecule has 2 aromatic carbocycles. The molecule has 0 aliphatic heterocycles. The molecular weight excluding hydrogens is 309 g/mol. The Morgan fingerprint density at radius 3 is 2.23 bits per heavy atom. The topological polar surface area (TPSA) is 83.5 Å². The third kappa shape index (κ3) is 4.12. The molecule has 0 saturated heterocycles. The van der Waals surface area contributed by atoms with Crippen LogP contribution < -0.4 is 4.72 Å². The van der Waals surface area contributed by atoms with E-state index in [9.17, 15) is 17.6 Å². The average molecular weight is 323 g/mol. The monoisotopic (exact) mass is 323 g/mol. The number of aliphatic carboxylic acids is 1. The van der Waals surface area contributed by atoms with Gasteiger partial charge in [-0.15, -0.1) is 0 Å². The predicted octanol–water partition coefficient (Wildman–Crippen LogP) is 2.32. The van der Waals surface area contributed by atoms with Gasteiger partial charge in [0.2, 0.25) is 10.0 Å². The summed E-state index contributed by atoms with van der Waals surface area (Å²) in [4.78, 5) is 10.8. The first-order valence-corrected chi connectivity index (χ1v) is 7.91. The van der Waals surface area contributed by atoms with Gasteiger partial charge in [-0.3, -0.25) is 4.79 Å². The van der Waals surface area contributed by atoms with Crippen LogP contribution in [0.1, 0.15) is 18.0 Å². The number of rotatable bonds is 6. The van der Waals surface area contributed by atoms with Gasteiger partial charge in [0.25, 0.3) is 0 Å². The van der Waals surface area contributed by atoms with Gasteiger partial charge in [0, 0.05) is 0 Å². The van der Waals surface area contributed by atoms with Crippen molar-refractivity contribution in [3.05, 3.63) is 66.0 Å². The zero-order valence-corrected chi connectivity index (χ0v) is 12.3. The number of carbonyl (C=O) groups is 1. The summed E-state index contributed by atoms with van der Waals surface area (Å²) in [5.74, 6) is -1.68. The Balaban J connectivity index is 2.30. The second kappa shape index (κ2) is 6.67. The first-order chi connectivity index (χ1) is 10.4. The fourth-order valence-corrected chi connectivity index (χ4v) is 3.18. The van der Waals surface area contributed by atoms with Gasteiger partial charge in [-0.1, -0.05) is 30.3 Å². The highest BCUT2D eigenvalue weighted by Crippen LogP contribution is 2.20. The predicted molar refractivity (Wildman–Crippen MR) is 78.2 cm³/mol. The van der Waals surface area contributed by atoms with Crippen LogP contribution in [0.5, 0.6) is 0 Å². The van der Waals surface area contributed by atoms with E-state index in [1.54, 1.807) is 30.3 Å². The van der Waals surface area contributed by atoms with Crippen molar-refractivity contribution in [2.45, 2.75) is 17.4 Å². The summed E-state index contributed by atoms with van der Waals surface area (Å²) in [6.07, 6.45) is -0.398. The molecule has 116 valence electrons. The first kappa shape index (κ1) is 16.1. The standard InChI is InChI=1S/C15H14FNO4S/c16-12-6-8-13(9-7-12)22(20,21)17-14(10-15(18)19)11-4-2-1-3-5-11/h1-9,14,17H,10H2,(H,18,19)/t14-/m0/s1. The molecule has 0 aromatic heterocycles. The van der Waals surface area contributed by atoms with Crippen molar-refractivity contribution in [1.29, 1.82) is 0 Å². The second-order valence-corrected chi connectivity index (χ2v) is 6.35. The lowest BCUT2D eigenvalue weighted by Crippen LogP contribution is -2.30. The highest BCUT2D eigenvalue weighted by Gasteiger charge is 2.23. The van der Waals surface area contributed by atoms with Crippen LogP contribution in [0.4, 0.5) is 4.39 Å². The average Bonchev–Trinajstić information content (AvgIpc) is 2.47. The van der Waals surface area contributed by atoms with Gasteiger partial charge in [-0.2, -0.15) is 0 Å². The van der Waals surface area contributed by atoms with Crippen LogP contribution in [0.3, 0.4) is 0 Å². The summed E-state index contributed by atoms with van der Waals surface area (Å²) in [6, 6.07) is 11.8. The largest absolute Gasteiger partial charge is 0.481 e. The minimum atomic E-state index is -3.95. The number of nitrogens with one attached hydrogen (secondary N) is 1. The van der Waals surface area contributed by atoms with Crippen LogP contribution in [-0.4, -0.2) is 19.5 Å².